The van der Waals surface area contributed by atoms with Crippen LogP contribution in [0, 0.1) is 0 Å². The first-order valence-electron chi connectivity index (χ1n) is 2.73. The van der Waals surface area contributed by atoms with E-state index < -0.39 is 7.94 Å². The third kappa shape index (κ3) is 87.9. The third-order valence-corrected chi connectivity index (χ3v) is 1.42. The van der Waals surface area contributed by atoms with Crippen molar-refractivity contribution in [2.24, 2.45) is 35.1 Å². The first-order valence-corrected chi connectivity index (χ1v) is 4.78. The van der Waals surface area contributed by atoms with E-state index in [0.717, 1.165) is 0 Å². The van der Waals surface area contributed by atoms with Crippen molar-refractivity contribution in [1.82, 2.24) is 0 Å². The second-order valence-electron chi connectivity index (χ2n) is 1.13. The van der Waals surface area contributed by atoms with Gasteiger partial charge in [0.2, 0.25) is 0 Å². The van der Waals surface area contributed by atoms with E-state index >= 15 is 0 Å². The molecule has 0 aromatic heterocycles. The Kier molecular flexibility index (Phi) is 42.5. The van der Waals surface area contributed by atoms with E-state index in [0.29, 0.717) is 0 Å². The molecule has 0 atom stereocenters. The van der Waals surface area contributed by atoms with Gasteiger partial charge in [-0.3, -0.25) is 35.1 Å². The predicted octanol–water partition coefficient (Wildman–Crippen LogP) is -4.07. The van der Waals surface area contributed by atoms with E-state index in [2.05, 4.69) is 35.1 Å². The maximum atomic E-state index is 8.08. The van der Waals surface area contributed by atoms with Crippen LogP contribution in [0.1, 0.15) is 6.92 Å². The van der Waals surface area contributed by atoms with Crippen LogP contribution in [0.4, 0.5) is 0 Å². The largest absolute Gasteiger partial charge is 0.274 e. The molecule has 0 saturated heterocycles. The average Bonchev–Trinajstić information content (AvgIpc) is 2.14. The molecule has 0 fully saturated rings. The molecule has 9 nitrogen and oxygen atoms in total. The molecule has 12 heavy (non-hydrogen) atoms. The Morgan fingerprint density at radius 2 is 0.917 bits per heavy atom. The SMILES string of the molecule is CC[PH](O)(O)O.NN.NN.NN. The summed E-state index contributed by atoms with van der Waals surface area (Å²) in [5.74, 6) is 24.0. The Bertz CT molecular complexity index is 50.5. The molecule has 0 aliphatic heterocycles. The molecule has 82 valence electrons. The van der Waals surface area contributed by atoms with E-state index in [9.17, 15) is 0 Å². The van der Waals surface area contributed by atoms with Gasteiger partial charge in [-0.15, -0.1) is 0 Å². The normalized spacial score (nSPS) is 8.83. The number of hydrazine groups is 3. The summed E-state index contributed by atoms with van der Waals surface area (Å²) in [6, 6.07) is 0. The third-order valence-electron chi connectivity index (χ3n) is 0.474. The van der Waals surface area contributed by atoms with Gasteiger partial charge in [-0.05, 0) is 0 Å². The van der Waals surface area contributed by atoms with E-state index in [1.54, 1.807) is 0 Å². The van der Waals surface area contributed by atoms with Crippen LogP contribution in [0.2, 0.25) is 0 Å². The second-order valence-corrected chi connectivity index (χ2v) is 3.38. The first kappa shape index (κ1) is 22.7. The molecule has 0 aliphatic rings. The molecule has 0 radical (unpaired) electrons. The minimum absolute atomic E-state index is 0.0764. The molecule has 10 heteroatoms. The Hall–Kier alpha value is 0.0700. The minimum atomic E-state index is -3.63. The van der Waals surface area contributed by atoms with Crippen molar-refractivity contribution < 1.29 is 14.7 Å². The van der Waals surface area contributed by atoms with Gasteiger partial charge in [-0.2, -0.15) is 0 Å². The summed E-state index contributed by atoms with van der Waals surface area (Å²) in [5.41, 5.74) is 0. The van der Waals surface area contributed by atoms with E-state index in [1.807, 2.05) is 0 Å². The van der Waals surface area contributed by atoms with Gasteiger partial charge >= 0.3 is 35.7 Å². The summed E-state index contributed by atoms with van der Waals surface area (Å²) in [5, 5.41) is 0. The topological polar surface area (TPSA) is 217 Å². The second kappa shape index (κ2) is 22.5. The number of hydrogen-bond acceptors (Lipinski definition) is 9. The summed E-state index contributed by atoms with van der Waals surface area (Å²) in [6.07, 6.45) is 0.0764. The van der Waals surface area contributed by atoms with Gasteiger partial charge in [0, 0.05) is 0 Å². The van der Waals surface area contributed by atoms with Gasteiger partial charge in [0.15, 0.2) is 0 Å². The molecule has 0 rings (SSSR count). The smallest absolute Gasteiger partial charge is 0.274 e. The van der Waals surface area contributed by atoms with Crippen LogP contribution in [0.3, 0.4) is 0 Å². The van der Waals surface area contributed by atoms with Gasteiger partial charge in [0.05, 0.1) is 0 Å². The Morgan fingerprint density at radius 1 is 0.833 bits per heavy atom. The zero-order valence-electron chi connectivity index (χ0n) is 7.01. The van der Waals surface area contributed by atoms with Crippen molar-refractivity contribution in [2.45, 2.75) is 6.92 Å². The molecule has 0 saturated carbocycles. The molecule has 0 bridgehead atoms. The summed E-state index contributed by atoms with van der Waals surface area (Å²) in [6.45, 7) is 1.52. The fraction of sp³-hybridized carbons (Fsp3) is 1.00. The maximum absolute atomic E-state index is 8.08. The van der Waals surface area contributed by atoms with Crippen molar-refractivity contribution in [3.05, 3.63) is 0 Å². The van der Waals surface area contributed by atoms with Crippen LogP contribution < -0.4 is 35.1 Å². The van der Waals surface area contributed by atoms with Gasteiger partial charge < -0.3 is 0 Å². The maximum Gasteiger partial charge on any atom is -0.274 e. The molecule has 0 heterocycles. The molecular weight excluding hydrogens is 187 g/mol. The van der Waals surface area contributed by atoms with Gasteiger partial charge in [-0.25, -0.2) is 0 Å². The van der Waals surface area contributed by atoms with Crippen molar-refractivity contribution in [2.75, 3.05) is 6.16 Å². The Balaban J connectivity index is -0.0000000453. The van der Waals surface area contributed by atoms with Crippen LogP contribution in [-0.2, 0) is 0 Å². The predicted molar refractivity (Wildman–Crippen MR) is 50.6 cm³/mol. The van der Waals surface area contributed by atoms with Crippen LogP contribution in [0.25, 0.3) is 0 Å². The van der Waals surface area contributed by atoms with Crippen molar-refractivity contribution in [3.8, 4) is 0 Å². The van der Waals surface area contributed by atoms with E-state index in [-0.39, 0.29) is 6.16 Å². The fourth-order valence-corrected chi connectivity index (χ4v) is 0. The number of nitrogens with two attached hydrogens (primary N) is 6. The van der Waals surface area contributed by atoms with Crippen molar-refractivity contribution in [3.63, 3.8) is 0 Å². The Morgan fingerprint density at radius 3 is 0.917 bits per heavy atom. The van der Waals surface area contributed by atoms with E-state index in [4.69, 9.17) is 14.7 Å². The summed E-state index contributed by atoms with van der Waals surface area (Å²) < 4.78 is 0. The molecule has 15 N–H and O–H groups in total. The molecule has 0 spiro atoms. The molecule has 0 unspecified atom stereocenters. The fourth-order valence-electron chi connectivity index (χ4n) is 0. The zero-order valence-corrected chi connectivity index (χ0v) is 8.01. The van der Waals surface area contributed by atoms with Crippen LogP contribution in [0.15, 0.2) is 0 Å². The summed E-state index contributed by atoms with van der Waals surface area (Å²) >= 11 is 0. The number of rotatable bonds is 1. The van der Waals surface area contributed by atoms with E-state index in [1.165, 1.54) is 6.92 Å². The van der Waals surface area contributed by atoms with Crippen molar-refractivity contribution in [1.29, 1.82) is 0 Å². The molecule has 0 aliphatic carbocycles. The number of hydrogen-bond donors (Lipinski definition) is 9. The van der Waals surface area contributed by atoms with Crippen molar-refractivity contribution >= 4 is 7.94 Å². The molecule has 0 aromatic carbocycles. The Labute approximate surface area is 71.8 Å². The average molecular weight is 208 g/mol. The van der Waals surface area contributed by atoms with Crippen LogP contribution in [-0.4, -0.2) is 20.8 Å². The van der Waals surface area contributed by atoms with Crippen LogP contribution in [0.5, 0.6) is 0 Å². The monoisotopic (exact) mass is 208 g/mol. The molecule has 0 amide bonds. The quantitative estimate of drug-likeness (QED) is 0.116. The standard InChI is InChI=1S/C2H9O3P.3H4N2/c1-2-6(3,4)5;3*1-2/h3-6H,2H2,1H3;3*1-2H2. The minimum Gasteiger partial charge on any atom is -0.274 e. The summed E-state index contributed by atoms with van der Waals surface area (Å²) in [4.78, 5) is 24.2. The van der Waals surface area contributed by atoms with Gasteiger partial charge in [-0.1, -0.05) is 0 Å². The zero-order chi connectivity index (χ0) is 11.2. The van der Waals surface area contributed by atoms with Gasteiger partial charge in [0.25, 0.3) is 0 Å². The molecule has 0 aromatic rings. The van der Waals surface area contributed by atoms with Gasteiger partial charge in [0.1, 0.15) is 0 Å². The first-order chi connectivity index (χ1) is 5.56. The van der Waals surface area contributed by atoms with Crippen LogP contribution >= 0.6 is 7.94 Å². The summed E-state index contributed by atoms with van der Waals surface area (Å²) in [7, 11) is -3.63. The molecular formula is C2H21N6O3P.